The Hall–Kier alpha value is -3.31. The summed E-state index contributed by atoms with van der Waals surface area (Å²) in [5, 5.41) is 15.5. The van der Waals surface area contributed by atoms with E-state index in [2.05, 4.69) is 10.6 Å². The van der Waals surface area contributed by atoms with Crippen molar-refractivity contribution in [1.82, 2.24) is 15.3 Å². The van der Waals surface area contributed by atoms with Gasteiger partial charge in [0.05, 0.1) is 15.6 Å². The third-order valence-corrected chi connectivity index (χ3v) is 6.60. The number of carbonyl (C=O) groups excluding carboxylic acids is 1. The SMILES string of the molecule is CN(C)c1nc(N[C@H]2CC[C@@H](CNC(=O)c3ccc(Cl)c(Cl)c3)C2)nc2ccccc12.O=C(O)C(F)(F)F. The number of nitrogens with one attached hydrogen (secondary N) is 2. The maximum atomic E-state index is 12.4. The van der Waals surface area contributed by atoms with Crippen LogP contribution in [0.4, 0.5) is 24.9 Å². The first-order valence-electron chi connectivity index (χ1n) is 11.6. The molecular weight excluding hydrogens is 546 g/mol. The standard InChI is InChI=1S/C23H25Cl2N5O.C2HF3O2/c1-30(2)21-17-5-3-4-6-20(17)28-23(29-21)27-16-9-7-14(11-16)13-26-22(31)15-8-10-18(24)19(25)12-15;3-2(4,5)1(6)7/h3-6,8,10,12,14,16H,7,9,11,13H2,1-2H3,(H,26,31)(H,27,28,29);(H,6,7)/t14-,16+;/m1./s1. The lowest BCUT2D eigenvalue weighted by Gasteiger charge is -2.18. The van der Waals surface area contributed by atoms with Crippen LogP contribution in [-0.2, 0) is 4.79 Å². The number of carbonyl (C=O) groups is 2. The molecule has 1 amide bonds. The number of amides is 1. The van der Waals surface area contributed by atoms with Crippen molar-refractivity contribution in [3.8, 4) is 0 Å². The number of para-hydroxylation sites is 1. The monoisotopic (exact) mass is 571 g/mol. The number of hydrogen-bond acceptors (Lipinski definition) is 6. The van der Waals surface area contributed by atoms with Gasteiger partial charge in [-0.15, -0.1) is 0 Å². The Morgan fingerprint density at radius 2 is 1.76 bits per heavy atom. The first-order chi connectivity index (χ1) is 17.8. The van der Waals surface area contributed by atoms with Gasteiger partial charge < -0.3 is 20.6 Å². The molecule has 13 heteroatoms. The Balaban J connectivity index is 0.000000505. The van der Waals surface area contributed by atoms with E-state index >= 15 is 0 Å². The molecule has 0 bridgehead atoms. The van der Waals surface area contributed by atoms with Crippen LogP contribution in [0.3, 0.4) is 0 Å². The van der Waals surface area contributed by atoms with E-state index < -0.39 is 12.1 Å². The Morgan fingerprint density at radius 1 is 1.08 bits per heavy atom. The lowest BCUT2D eigenvalue weighted by atomic mass is 10.1. The lowest BCUT2D eigenvalue weighted by molar-refractivity contribution is -0.192. The molecule has 1 aliphatic carbocycles. The van der Waals surface area contributed by atoms with Crippen LogP contribution in [0.2, 0.25) is 10.0 Å². The van der Waals surface area contributed by atoms with Gasteiger partial charge >= 0.3 is 12.1 Å². The molecule has 1 aromatic heterocycles. The molecular formula is C25H26Cl2F3N5O3. The van der Waals surface area contributed by atoms with Gasteiger partial charge in [0, 0.05) is 37.6 Å². The lowest BCUT2D eigenvalue weighted by Crippen LogP contribution is -2.29. The Labute approximate surface area is 227 Å². The minimum atomic E-state index is -5.08. The first kappa shape index (κ1) is 29.2. The topological polar surface area (TPSA) is 107 Å². The third kappa shape index (κ3) is 7.84. The number of anilines is 2. The molecule has 0 unspecified atom stereocenters. The zero-order valence-electron chi connectivity index (χ0n) is 20.5. The molecule has 2 atom stereocenters. The predicted octanol–water partition coefficient (Wildman–Crippen LogP) is 5.65. The fraction of sp³-hybridized carbons (Fsp3) is 0.360. The van der Waals surface area contributed by atoms with E-state index in [1.165, 1.54) is 0 Å². The number of benzene rings is 2. The van der Waals surface area contributed by atoms with Gasteiger partial charge in [-0.25, -0.2) is 9.78 Å². The molecule has 38 heavy (non-hydrogen) atoms. The molecule has 204 valence electrons. The summed E-state index contributed by atoms with van der Waals surface area (Å²) in [4.78, 5) is 32.7. The minimum Gasteiger partial charge on any atom is -0.475 e. The second-order valence-corrected chi connectivity index (χ2v) is 9.76. The molecule has 1 fully saturated rings. The summed E-state index contributed by atoms with van der Waals surface area (Å²) in [7, 11) is 3.97. The number of hydrogen-bond donors (Lipinski definition) is 3. The number of nitrogens with zero attached hydrogens (tertiary/aromatic N) is 3. The van der Waals surface area contributed by atoms with Gasteiger partial charge in [-0.1, -0.05) is 35.3 Å². The van der Waals surface area contributed by atoms with E-state index in [4.69, 9.17) is 43.1 Å². The highest BCUT2D eigenvalue weighted by Gasteiger charge is 2.38. The van der Waals surface area contributed by atoms with Crippen LogP contribution in [0.1, 0.15) is 29.6 Å². The van der Waals surface area contributed by atoms with E-state index in [-0.39, 0.29) is 11.9 Å². The zero-order valence-corrected chi connectivity index (χ0v) is 22.0. The number of halogens is 5. The third-order valence-electron chi connectivity index (χ3n) is 5.86. The molecule has 1 saturated carbocycles. The van der Waals surface area contributed by atoms with Crippen molar-refractivity contribution in [3.05, 3.63) is 58.1 Å². The summed E-state index contributed by atoms with van der Waals surface area (Å²) < 4.78 is 31.7. The van der Waals surface area contributed by atoms with Crippen LogP contribution >= 0.6 is 23.2 Å². The van der Waals surface area contributed by atoms with Crippen LogP contribution in [0.5, 0.6) is 0 Å². The van der Waals surface area contributed by atoms with Crippen LogP contribution in [0.25, 0.3) is 10.9 Å². The van der Waals surface area contributed by atoms with Gasteiger partial charge in [-0.05, 0) is 55.5 Å². The average Bonchev–Trinajstić information content (AvgIpc) is 3.30. The van der Waals surface area contributed by atoms with Crippen molar-refractivity contribution in [1.29, 1.82) is 0 Å². The Morgan fingerprint density at radius 3 is 2.39 bits per heavy atom. The highest BCUT2D eigenvalue weighted by Crippen LogP contribution is 2.29. The van der Waals surface area contributed by atoms with Gasteiger partial charge in [0.25, 0.3) is 5.91 Å². The summed E-state index contributed by atoms with van der Waals surface area (Å²) in [5.41, 5.74) is 1.44. The molecule has 3 aromatic rings. The second-order valence-electron chi connectivity index (χ2n) is 8.94. The summed E-state index contributed by atoms with van der Waals surface area (Å²) in [6, 6.07) is 13.2. The van der Waals surface area contributed by atoms with Crippen molar-refractivity contribution >= 4 is 57.7 Å². The number of aromatic nitrogens is 2. The largest absolute Gasteiger partial charge is 0.490 e. The van der Waals surface area contributed by atoms with Crippen molar-refractivity contribution < 1.29 is 27.9 Å². The Kier molecular flexibility index (Phi) is 9.61. The quantitative estimate of drug-likeness (QED) is 0.351. The van der Waals surface area contributed by atoms with E-state index in [9.17, 15) is 18.0 Å². The van der Waals surface area contributed by atoms with Gasteiger partial charge in [0.1, 0.15) is 5.82 Å². The minimum absolute atomic E-state index is 0.136. The molecule has 0 saturated heterocycles. The molecule has 8 nitrogen and oxygen atoms in total. The summed E-state index contributed by atoms with van der Waals surface area (Å²) in [6.45, 7) is 0.624. The maximum absolute atomic E-state index is 12.4. The fourth-order valence-corrected chi connectivity index (χ4v) is 4.31. The molecule has 0 radical (unpaired) electrons. The van der Waals surface area contributed by atoms with Crippen LogP contribution in [-0.4, -0.2) is 59.8 Å². The van der Waals surface area contributed by atoms with Crippen molar-refractivity contribution in [2.75, 3.05) is 30.9 Å². The average molecular weight is 572 g/mol. The number of carboxylic acids is 1. The number of fused-ring (bicyclic) bond motifs is 1. The van der Waals surface area contributed by atoms with Gasteiger partial charge in [0.15, 0.2) is 0 Å². The number of alkyl halides is 3. The molecule has 1 heterocycles. The van der Waals surface area contributed by atoms with Crippen molar-refractivity contribution in [2.45, 2.75) is 31.5 Å². The summed E-state index contributed by atoms with van der Waals surface area (Å²) >= 11 is 11.9. The van der Waals surface area contributed by atoms with Gasteiger partial charge in [-0.3, -0.25) is 4.79 Å². The smallest absolute Gasteiger partial charge is 0.475 e. The Bertz CT molecular complexity index is 1310. The van der Waals surface area contributed by atoms with Gasteiger partial charge in [-0.2, -0.15) is 18.2 Å². The summed E-state index contributed by atoms with van der Waals surface area (Å²) in [5.74, 6) is -0.946. The predicted molar refractivity (Wildman–Crippen MR) is 141 cm³/mol. The van der Waals surface area contributed by atoms with Crippen LogP contribution in [0, 0.1) is 5.92 Å². The molecule has 4 rings (SSSR count). The van der Waals surface area contributed by atoms with E-state index in [0.717, 1.165) is 36.0 Å². The van der Waals surface area contributed by atoms with Crippen molar-refractivity contribution in [3.63, 3.8) is 0 Å². The maximum Gasteiger partial charge on any atom is 0.490 e. The number of rotatable bonds is 6. The zero-order chi connectivity index (χ0) is 28.0. The molecule has 0 aliphatic heterocycles. The molecule has 3 N–H and O–H groups in total. The number of carboxylic acid groups (broad SMARTS) is 1. The molecule has 0 spiro atoms. The highest BCUT2D eigenvalue weighted by molar-refractivity contribution is 6.42. The second kappa shape index (κ2) is 12.5. The molecule has 1 aliphatic rings. The van der Waals surface area contributed by atoms with Gasteiger partial charge in [0.2, 0.25) is 5.95 Å². The van der Waals surface area contributed by atoms with Crippen LogP contribution < -0.4 is 15.5 Å². The van der Waals surface area contributed by atoms with Crippen LogP contribution in [0.15, 0.2) is 42.5 Å². The highest BCUT2D eigenvalue weighted by atomic mass is 35.5. The normalized spacial score (nSPS) is 16.9. The molecule has 2 aromatic carbocycles. The van der Waals surface area contributed by atoms with E-state index in [1.54, 1.807) is 18.2 Å². The van der Waals surface area contributed by atoms with E-state index in [1.807, 2.05) is 43.3 Å². The number of aliphatic carboxylic acids is 1. The van der Waals surface area contributed by atoms with Crippen molar-refractivity contribution in [2.24, 2.45) is 5.92 Å². The first-order valence-corrected chi connectivity index (χ1v) is 12.3. The van der Waals surface area contributed by atoms with E-state index in [0.29, 0.717) is 34.0 Å². The fourth-order valence-electron chi connectivity index (χ4n) is 4.02. The summed E-state index contributed by atoms with van der Waals surface area (Å²) in [6.07, 6.45) is -2.08.